The van der Waals surface area contributed by atoms with Gasteiger partial charge < -0.3 is 25.3 Å². The third-order valence-electron chi connectivity index (χ3n) is 4.97. The number of aromatic amines is 2. The van der Waals surface area contributed by atoms with Crippen molar-refractivity contribution in [3.05, 3.63) is 57.3 Å². The maximum absolute atomic E-state index is 12.8. The largest absolute Gasteiger partial charge is 0.396 e. The van der Waals surface area contributed by atoms with Gasteiger partial charge >= 0.3 is 0 Å². The average Bonchev–Trinajstić information content (AvgIpc) is 3.05. The molecule has 2 aromatic heterocycles. The molecule has 9 heteroatoms. The molecule has 0 fully saturated rings. The van der Waals surface area contributed by atoms with Gasteiger partial charge in [-0.15, -0.1) is 0 Å². The zero-order chi connectivity index (χ0) is 21.4. The maximum atomic E-state index is 12.8. The van der Waals surface area contributed by atoms with Crippen LogP contribution in [0.1, 0.15) is 10.4 Å². The van der Waals surface area contributed by atoms with Crippen molar-refractivity contribution in [3.63, 3.8) is 0 Å². The van der Waals surface area contributed by atoms with E-state index in [-0.39, 0.29) is 22.2 Å². The van der Waals surface area contributed by atoms with Gasteiger partial charge in [0.25, 0.3) is 11.5 Å². The third-order valence-corrected chi connectivity index (χ3v) is 5.28. The summed E-state index contributed by atoms with van der Waals surface area (Å²) in [6.45, 7) is 0.836. The Morgan fingerprint density at radius 1 is 1.23 bits per heavy atom. The number of carbonyl (C=O) groups is 1. The van der Waals surface area contributed by atoms with Crippen molar-refractivity contribution in [2.24, 2.45) is 0 Å². The van der Waals surface area contributed by atoms with Gasteiger partial charge in [-0.2, -0.15) is 0 Å². The number of amides is 1. The van der Waals surface area contributed by atoms with Crippen LogP contribution in [0.3, 0.4) is 0 Å². The van der Waals surface area contributed by atoms with E-state index in [4.69, 9.17) is 22.1 Å². The van der Waals surface area contributed by atoms with Crippen LogP contribution in [-0.2, 0) is 4.74 Å². The van der Waals surface area contributed by atoms with Crippen molar-refractivity contribution in [2.45, 2.75) is 0 Å². The van der Waals surface area contributed by atoms with Crippen molar-refractivity contribution < 1.29 is 9.53 Å². The number of nitrogens with two attached hydrogens (primary N) is 1. The van der Waals surface area contributed by atoms with Gasteiger partial charge in [0.1, 0.15) is 0 Å². The number of anilines is 1. The van der Waals surface area contributed by atoms with E-state index in [9.17, 15) is 9.59 Å². The highest BCUT2D eigenvalue weighted by Gasteiger charge is 2.21. The Labute approximate surface area is 176 Å². The van der Waals surface area contributed by atoms with E-state index in [1.54, 1.807) is 38.4 Å². The molecule has 0 aliphatic rings. The molecule has 4 aromatic rings. The fourth-order valence-corrected chi connectivity index (χ4v) is 3.57. The first-order valence-electron chi connectivity index (χ1n) is 9.25. The van der Waals surface area contributed by atoms with E-state index in [0.29, 0.717) is 52.0 Å². The molecule has 0 aliphatic carbocycles. The number of ether oxygens (including phenoxy) is 1. The second kappa shape index (κ2) is 7.81. The number of nitrogen functional groups attached to an aromatic ring is 1. The topological polar surface area (TPSA) is 117 Å². The highest BCUT2D eigenvalue weighted by molar-refractivity contribution is 6.35. The first-order chi connectivity index (χ1) is 14.4. The Kier molecular flexibility index (Phi) is 5.19. The summed E-state index contributed by atoms with van der Waals surface area (Å²) in [6.07, 6.45) is 0. The van der Waals surface area contributed by atoms with Crippen LogP contribution in [0.25, 0.3) is 33.3 Å². The summed E-state index contributed by atoms with van der Waals surface area (Å²) in [5.74, 6) is -0.247. The molecule has 4 N–H and O–H groups in total. The second-order valence-corrected chi connectivity index (χ2v) is 7.35. The Bertz CT molecular complexity index is 1330. The van der Waals surface area contributed by atoms with Crippen molar-refractivity contribution in [1.82, 2.24) is 19.9 Å². The molecule has 0 saturated heterocycles. The molecule has 30 heavy (non-hydrogen) atoms. The molecule has 0 aliphatic heterocycles. The molecule has 0 bridgehead atoms. The number of carbonyl (C=O) groups excluding carboxylic acids is 1. The van der Waals surface area contributed by atoms with E-state index >= 15 is 0 Å². The summed E-state index contributed by atoms with van der Waals surface area (Å²) in [5, 5.41) is 0.872. The third kappa shape index (κ3) is 3.40. The SMILES string of the molecule is COCCN(C)C(=O)c1cc2c(N)c(-c3nc4ccccc4[nH]c3=O)[nH]c2cc1Cl. The van der Waals surface area contributed by atoms with Crippen molar-refractivity contribution >= 4 is 45.1 Å². The maximum Gasteiger partial charge on any atom is 0.276 e. The van der Waals surface area contributed by atoms with Crippen LogP contribution in [0.15, 0.2) is 41.2 Å². The molecular formula is C21H20ClN5O3. The van der Waals surface area contributed by atoms with E-state index in [1.807, 2.05) is 12.1 Å². The number of aromatic nitrogens is 3. The molecule has 154 valence electrons. The lowest BCUT2D eigenvalue weighted by molar-refractivity contribution is 0.0744. The fraction of sp³-hybridized carbons (Fsp3) is 0.190. The minimum absolute atomic E-state index is 0.170. The summed E-state index contributed by atoms with van der Waals surface area (Å²) < 4.78 is 5.02. The number of fused-ring (bicyclic) bond motifs is 2. The first-order valence-corrected chi connectivity index (χ1v) is 9.63. The lowest BCUT2D eigenvalue weighted by Crippen LogP contribution is -2.30. The van der Waals surface area contributed by atoms with E-state index in [2.05, 4.69) is 15.0 Å². The van der Waals surface area contributed by atoms with Crippen molar-refractivity contribution in [3.8, 4) is 11.4 Å². The standard InChI is InChI=1S/C21H20ClN5O3/c1-27(7-8-30-2)21(29)11-9-12-16(10-13(11)22)25-18(17(12)23)19-20(28)26-15-6-4-3-5-14(15)24-19/h3-6,9-10,25H,7-8,23H2,1-2H3,(H,26,28). The van der Waals surface area contributed by atoms with Crippen molar-refractivity contribution in [1.29, 1.82) is 0 Å². The number of H-pyrrole nitrogens is 2. The monoisotopic (exact) mass is 425 g/mol. The molecule has 0 saturated carbocycles. The van der Waals surface area contributed by atoms with Crippen LogP contribution < -0.4 is 11.3 Å². The normalized spacial score (nSPS) is 11.3. The summed E-state index contributed by atoms with van der Waals surface area (Å²) in [5.41, 5.74) is 9.06. The van der Waals surface area contributed by atoms with Crippen LogP contribution in [0.5, 0.6) is 0 Å². The molecule has 2 heterocycles. The summed E-state index contributed by atoms with van der Waals surface area (Å²) in [7, 11) is 3.24. The van der Waals surface area contributed by atoms with Crippen LogP contribution in [0.2, 0.25) is 5.02 Å². The molecule has 2 aromatic carbocycles. The smallest absolute Gasteiger partial charge is 0.276 e. The minimum atomic E-state index is -0.367. The summed E-state index contributed by atoms with van der Waals surface area (Å²) in [6, 6.07) is 10.5. The highest BCUT2D eigenvalue weighted by atomic mass is 35.5. The van der Waals surface area contributed by atoms with Gasteiger partial charge in [-0.05, 0) is 24.3 Å². The van der Waals surface area contributed by atoms with Gasteiger partial charge in [0.2, 0.25) is 0 Å². The van der Waals surface area contributed by atoms with E-state index in [0.717, 1.165) is 0 Å². The molecule has 8 nitrogen and oxygen atoms in total. The Balaban J connectivity index is 1.83. The zero-order valence-corrected chi connectivity index (χ0v) is 17.2. The van der Waals surface area contributed by atoms with Crippen LogP contribution in [0, 0.1) is 0 Å². The molecule has 1 amide bonds. The van der Waals surface area contributed by atoms with Gasteiger partial charge in [0.05, 0.1) is 39.6 Å². The Morgan fingerprint density at radius 2 is 2.00 bits per heavy atom. The second-order valence-electron chi connectivity index (χ2n) is 6.94. The fourth-order valence-electron chi connectivity index (χ4n) is 3.32. The number of benzene rings is 2. The van der Waals surface area contributed by atoms with Crippen molar-refractivity contribution in [2.75, 3.05) is 33.0 Å². The summed E-state index contributed by atoms with van der Waals surface area (Å²) >= 11 is 6.37. The number of nitrogens with one attached hydrogen (secondary N) is 2. The molecular weight excluding hydrogens is 406 g/mol. The number of likely N-dealkylation sites (N-methyl/N-ethyl adjacent to an activating group) is 1. The van der Waals surface area contributed by atoms with Gasteiger partial charge in [-0.3, -0.25) is 9.59 Å². The molecule has 0 atom stereocenters. The number of halogens is 1. The zero-order valence-electron chi connectivity index (χ0n) is 16.5. The van der Waals surface area contributed by atoms with Crippen LogP contribution in [-0.4, -0.2) is 53.1 Å². The van der Waals surface area contributed by atoms with Crippen LogP contribution >= 0.6 is 11.6 Å². The first kappa shape index (κ1) is 19.9. The number of nitrogens with zero attached hydrogens (tertiary/aromatic N) is 2. The lowest BCUT2D eigenvalue weighted by Gasteiger charge is -2.17. The van der Waals surface area contributed by atoms with E-state index in [1.165, 1.54) is 4.90 Å². The molecule has 0 spiro atoms. The van der Waals surface area contributed by atoms with Gasteiger partial charge in [-0.25, -0.2) is 4.98 Å². The number of hydrogen-bond acceptors (Lipinski definition) is 5. The van der Waals surface area contributed by atoms with Crippen LogP contribution in [0.4, 0.5) is 5.69 Å². The number of rotatable bonds is 5. The lowest BCUT2D eigenvalue weighted by atomic mass is 10.1. The highest BCUT2D eigenvalue weighted by Crippen LogP contribution is 2.34. The number of hydrogen-bond donors (Lipinski definition) is 3. The van der Waals surface area contributed by atoms with Gasteiger partial charge in [0, 0.05) is 31.6 Å². The number of methoxy groups -OCH3 is 1. The molecule has 0 unspecified atom stereocenters. The Morgan fingerprint density at radius 3 is 2.77 bits per heavy atom. The van der Waals surface area contributed by atoms with Gasteiger partial charge in [-0.1, -0.05) is 23.7 Å². The quantitative estimate of drug-likeness (QED) is 0.454. The minimum Gasteiger partial charge on any atom is -0.396 e. The number of para-hydroxylation sites is 2. The van der Waals surface area contributed by atoms with E-state index < -0.39 is 0 Å². The predicted molar refractivity (Wildman–Crippen MR) is 118 cm³/mol. The molecule has 0 radical (unpaired) electrons. The van der Waals surface area contributed by atoms with Gasteiger partial charge in [0.15, 0.2) is 5.69 Å². The Hall–Kier alpha value is -3.36. The summed E-state index contributed by atoms with van der Waals surface area (Å²) in [4.78, 5) is 37.3. The molecule has 4 rings (SSSR count). The average molecular weight is 426 g/mol. The predicted octanol–water partition coefficient (Wildman–Crippen LogP) is 3.03.